The van der Waals surface area contributed by atoms with Crippen LogP contribution in [0, 0.1) is 5.92 Å². The second-order valence-corrected chi connectivity index (χ2v) is 6.97. The number of methoxy groups -OCH3 is 1. The number of nitrogens with one attached hydrogen (secondary N) is 1. The molecule has 6 nitrogen and oxygen atoms in total. The number of hydrogen-bond donors (Lipinski definition) is 2. The molecule has 1 unspecified atom stereocenters. The largest absolute Gasteiger partial charge is 0.496 e. The fourth-order valence-electron chi connectivity index (χ4n) is 2.11. The van der Waals surface area contributed by atoms with E-state index in [1.807, 2.05) is 6.92 Å². The Balaban J connectivity index is 3.07. The molecule has 0 aromatic heterocycles. The van der Waals surface area contributed by atoms with E-state index >= 15 is 0 Å². The number of sulfonamides is 1. The SMILES string of the molecule is COc1ccc(S(N)(=O)=O)cc1C(=O)NC(C)CC(C)C. The molecule has 1 rings (SSSR count). The minimum atomic E-state index is -3.87. The summed E-state index contributed by atoms with van der Waals surface area (Å²) in [6.07, 6.45) is 0.822. The number of rotatable bonds is 6. The summed E-state index contributed by atoms with van der Waals surface area (Å²) in [6, 6.07) is 3.93. The third-order valence-corrected chi connectivity index (χ3v) is 3.86. The fraction of sp³-hybridized carbons (Fsp3) is 0.500. The number of ether oxygens (including phenoxy) is 1. The standard InChI is InChI=1S/C14H22N2O4S/c1-9(2)7-10(3)16-14(17)12-8-11(21(15,18)19)5-6-13(12)20-4/h5-6,8-10H,7H2,1-4H3,(H,16,17)(H2,15,18,19). The second kappa shape index (κ2) is 6.91. The van der Waals surface area contributed by atoms with Crippen LogP contribution in [0.2, 0.25) is 0 Å². The van der Waals surface area contributed by atoms with Crippen molar-refractivity contribution in [1.29, 1.82) is 0 Å². The van der Waals surface area contributed by atoms with Crippen molar-refractivity contribution in [2.45, 2.75) is 38.1 Å². The molecule has 3 N–H and O–H groups in total. The summed E-state index contributed by atoms with van der Waals surface area (Å²) in [7, 11) is -2.45. The van der Waals surface area contributed by atoms with Crippen molar-refractivity contribution < 1.29 is 17.9 Å². The molecule has 1 amide bonds. The van der Waals surface area contributed by atoms with Gasteiger partial charge in [0.1, 0.15) is 5.75 Å². The van der Waals surface area contributed by atoms with Gasteiger partial charge in [-0.05, 0) is 37.5 Å². The van der Waals surface area contributed by atoms with Crippen LogP contribution in [-0.2, 0) is 10.0 Å². The molecule has 1 aromatic carbocycles. The molecule has 0 heterocycles. The number of primary sulfonamides is 1. The van der Waals surface area contributed by atoms with Crippen LogP contribution in [0.25, 0.3) is 0 Å². The highest BCUT2D eigenvalue weighted by Crippen LogP contribution is 2.22. The minimum absolute atomic E-state index is 0.0275. The first kappa shape index (κ1) is 17.5. The summed E-state index contributed by atoms with van der Waals surface area (Å²) < 4.78 is 27.9. The topological polar surface area (TPSA) is 98.5 Å². The van der Waals surface area contributed by atoms with Gasteiger partial charge in [0.2, 0.25) is 10.0 Å². The Morgan fingerprint density at radius 3 is 2.43 bits per heavy atom. The van der Waals surface area contributed by atoms with Crippen LogP contribution >= 0.6 is 0 Å². The smallest absolute Gasteiger partial charge is 0.255 e. The van der Waals surface area contributed by atoms with Crippen LogP contribution < -0.4 is 15.2 Å². The summed E-state index contributed by atoms with van der Waals surface area (Å²) in [6.45, 7) is 6.02. The average molecular weight is 314 g/mol. The van der Waals surface area contributed by atoms with E-state index in [0.29, 0.717) is 11.7 Å². The minimum Gasteiger partial charge on any atom is -0.496 e. The van der Waals surface area contributed by atoms with E-state index in [1.165, 1.54) is 25.3 Å². The van der Waals surface area contributed by atoms with Crippen LogP contribution in [-0.4, -0.2) is 27.5 Å². The van der Waals surface area contributed by atoms with E-state index in [4.69, 9.17) is 9.88 Å². The Morgan fingerprint density at radius 2 is 1.95 bits per heavy atom. The van der Waals surface area contributed by atoms with Crippen molar-refractivity contribution in [2.24, 2.45) is 11.1 Å². The third-order valence-electron chi connectivity index (χ3n) is 2.95. The third kappa shape index (κ3) is 5.02. The van der Waals surface area contributed by atoms with Gasteiger partial charge in [0.15, 0.2) is 0 Å². The van der Waals surface area contributed by atoms with Crippen LogP contribution in [0.5, 0.6) is 5.75 Å². The van der Waals surface area contributed by atoms with Gasteiger partial charge in [-0.2, -0.15) is 0 Å². The lowest BCUT2D eigenvalue weighted by molar-refractivity contribution is 0.0933. The van der Waals surface area contributed by atoms with Crippen LogP contribution in [0.4, 0.5) is 0 Å². The summed E-state index contributed by atoms with van der Waals surface area (Å²) in [5, 5.41) is 7.91. The van der Waals surface area contributed by atoms with Crippen molar-refractivity contribution in [2.75, 3.05) is 7.11 Å². The Kier molecular flexibility index (Phi) is 5.74. The highest BCUT2D eigenvalue weighted by atomic mass is 32.2. The van der Waals surface area contributed by atoms with E-state index in [9.17, 15) is 13.2 Å². The van der Waals surface area contributed by atoms with Crippen molar-refractivity contribution in [3.63, 3.8) is 0 Å². The predicted octanol–water partition coefficient (Wildman–Crippen LogP) is 1.51. The number of carbonyl (C=O) groups excluding carboxylic acids is 1. The zero-order valence-electron chi connectivity index (χ0n) is 12.7. The number of carbonyl (C=O) groups is 1. The van der Waals surface area contributed by atoms with Gasteiger partial charge < -0.3 is 10.1 Å². The molecule has 21 heavy (non-hydrogen) atoms. The van der Waals surface area contributed by atoms with Gasteiger partial charge >= 0.3 is 0 Å². The molecule has 7 heteroatoms. The fourth-order valence-corrected chi connectivity index (χ4v) is 2.65. The molecule has 0 radical (unpaired) electrons. The molecule has 0 fully saturated rings. The molecule has 0 saturated heterocycles. The zero-order valence-corrected chi connectivity index (χ0v) is 13.5. The normalized spacial score (nSPS) is 13.0. The van der Waals surface area contributed by atoms with Gasteiger partial charge in [0.25, 0.3) is 5.91 Å². The second-order valence-electron chi connectivity index (χ2n) is 5.41. The van der Waals surface area contributed by atoms with Crippen LogP contribution in [0.15, 0.2) is 23.1 Å². The van der Waals surface area contributed by atoms with Crippen LogP contribution in [0.1, 0.15) is 37.6 Å². The van der Waals surface area contributed by atoms with E-state index in [-0.39, 0.29) is 22.4 Å². The highest BCUT2D eigenvalue weighted by Gasteiger charge is 2.18. The molecule has 1 atom stereocenters. The predicted molar refractivity (Wildman–Crippen MR) is 80.8 cm³/mol. The molecular formula is C14H22N2O4S. The number of nitrogens with two attached hydrogens (primary N) is 1. The monoisotopic (exact) mass is 314 g/mol. The van der Waals surface area contributed by atoms with Crippen LogP contribution in [0.3, 0.4) is 0 Å². The van der Waals surface area contributed by atoms with Gasteiger partial charge in [-0.25, -0.2) is 13.6 Å². The van der Waals surface area contributed by atoms with Crippen molar-refractivity contribution in [1.82, 2.24) is 5.32 Å². The molecule has 0 spiro atoms. The quantitative estimate of drug-likeness (QED) is 0.831. The summed E-state index contributed by atoms with van der Waals surface area (Å²) in [5.74, 6) is 0.361. The van der Waals surface area contributed by atoms with E-state index in [2.05, 4.69) is 19.2 Å². The van der Waals surface area contributed by atoms with E-state index in [1.54, 1.807) is 0 Å². The lowest BCUT2D eigenvalue weighted by Gasteiger charge is -2.17. The summed E-state index contributed by atoms with van der Waals surface area (Å²) in [5.41, 5.74) is 0.152. The zero-order chi connectivity index (χ0) is 16.2. The summed E-state index contributed by atoms with van der Waals surface area (Å²) in [4.78, 5) is 12.1. The van der Waals surface area contributed by atoms with Gasteiger partial charge in [0, 0.05) is 6.04 Å². The molecule has 0 saturated carbocycles. The molecule has 0 aliphatic carbocycles. The Morgan fingerprint density at radius 1 is 1.33 bits per heavy atom. The van der Waals surface area contributed by atoms with E-state index < -0.39 is 10.0 Å². The van der Waals surface area contributed by atoms with Gasteiger partial charge in [0.05, 0.1) is 17.6 Å². The van der Waals surface area contributed by atoms with E-state index in [0.717, 1.165) is 6.42 Å². The molecular weight excluding hydrogens is 292 g/mol. The van der Waals surface area contributed by atoms with Crippen molar-refractivity contribution in [3.05, 3.63) is 23.8 Å². The first-order chi connectivity index (χ1) is 9.65. The average Bonchev–Trinajstić information content (AvgIpc) is 2.35. The highest BCUT2D eigenvalue weighted by molar-refractivity contribution is 7.89. The Bertz CT molecular complexity index is 611. The lowest BCUT2D eigenvalue weighted by atomic mass is 10.0. The first-order valence-corrected chi connectivity index (χ1v) is 8.21. The molecule has 118 valence electrons. The Labute approximate surface area is 125 Å². The summed E-state index contributed by atoms with van der Waals surface area (Å²) >= 11 is 0. The molecule has 0 bridgehead atoms. The maximum absolute atomic E-state index is 12.3. The number of amides is 1. The molecule has 0 aliphatic heterocycles. The number of hydrogen-bond acceptors (Lipinski definition) is 4. The first-order valence-electron chi connectivity index (χ1n) is 6.66. The number of benzene rings is 1. The molecule has 1 aromatic rings. The maximum atomic E-state index is 12.3. The lowest BCUT2D eigenvalue weighted by Crippen LogP contribution is -2.33. The maximum Gasteiger partial charge on any atom is 0.255 e. The van der Waals surface area contributed by atoms with Gasteiger partial charge in [-0.15, -0.1) is 0 Å². The van der Waals surface area contributed by atoms with Crippen molar-refractivity contribution >= 4 is 15.9 Å². The van der Waals surface area contributed by atoms with Gasteiger partial charge in [-0.1, -0.05) is 13.8 Å². The van der Waals surface area contributed by atoms with Crippen molar-refractivity contribution in [3.8, 4) is 5.75 Å². The Hall–Kier alpha value is -1.60. The van der Waals surface area contributed by atoms with Gasteiger partial charge in [-0.3, -0.25) is 4.79 Å². The molecule has 0 aliphatic rings.